The summed E-state index contributed by atoms with van der Waals surface area (Å²) in [5.41, 5.74) is 0. The van der Waals surface area contributed by atoms with Crippen LogP contribution in [0.15, 0.2) is 17.1 Å². The van der Waals surface area contributed by atoms with Crippen molar-refractivity contribution in [3.05, 3.63) is 12.2 Å². The van der Waals surface area contributed by atoms with Crippen molar-refractivity contribution >= 4 is 5.84 Å². The molecule has 0 aliphatic carbocycles. The monoisotopic (exact) mass is 350 g/mol. The van der Waals surface area contributed by atoms with Crippen molar-refractivity contribution in [3.8, 4) is 0 Å². The summed E-state index contributed by atoms with van der Waals surface area (Å²) in [5, 5.41) is 9.21. The van der Waals surface area contributed by atoms with E-state index in [9.17, 15) is 5.11 Å². The first kappa shape index (κ1) is 22.2. The minimum Gasteiger partial charge on any atom is -0.376 e. The van der Waals surface area contributed by atoms with Crippen molar-refractivity contribution in [1.82, 2.24) is 4.90 Å². The highest BCUT2D eigenvalue weighted by Crippen LogP contribution is 2.13. The lowest BCUT2D eigenvalue weighted by Gasteiger charge is -2.16. The molecule has 0 aromatic rings. The average Bonchev–Trinajstić information content (AvgIpc) is 3.09. The van der Waals surface area contributed by atoms with Gasteiger partial charge in [-0.1, -0.05) is 76.9 Å². The normalized spacial score (nSPS) is 14.6. The SMILES string of the molecule is CCCCCCCCC=CCCCCCCCCC1=NCCN1CO. The smallest absolute Gasteiger partial charge is 0.116 e. The molecule has 3 heteroatoms. The lowest BCUT2D eigenvalue weighted by atomic mass is 10.1. The van der Waals surface area contributed by atoms with Gasteiger partial charge < -0.3 is 10.0 Å². The predicted octanol–water partition coefficient (Wildman–Crippen LogP) is 6.08. The van der Waals surface area contributed by atoms with E-state index in [2.05, 4.69) is 24.1 Å². The Balaban J connectivity index is 1.78. The zero-order valence-electron chi connectivity index (χ0n) is 16.7. The number of unbranched alkanes of at least 4 members (excludes halogenated alkanes) is 12. The fraction of sp³-hybridized carbons (Fsp3) is 0.864. The van der Waals surface area contributed by atoms with Gasteiger partial charge in [-0.05, 0) is 32.1 Å². The minimum atomic E-state index is 0.130. The van der Waals surface area contributed by atoms with Crippen LogP contribution >= 0.6 is 0 Å². The molecule has 0 amide bonds. The van der Waals surface area contributed by atoms with E-state index < -0.39 is 0 Å². The van der Waals surface area contributed by atoms with Gasteiger partial charge in [0.05, 0.1) is 6.54 Å². The summed E-state index contributed by atoms with van der Waals surface area (Å²) in [7, 11) is 0. The van der Waals surface area contributed by atoms with Crippen LogP contribution in [0, 0.1) is 0 Å². The lowest BCUT2D eigenvalue weighted by Crippen LogP contribution is -2.28. The molecule has 0 saturated heterocycles. The Bertz CT molecular complexity index is 352. The molecule has 3 nitrogen and oxygen atoms in total. The number of nitrogens with zero attached hydrogens (tertiary/aromatic N) is 2. The number of rotatable bonds is 17. The molecule has 1 heterocycles. The highest BCUT2D eigenvalue weighted by Gasteiger charge is 2.14. The molecule has 0 atom stereocenters. The molecule has 1 aliphatic rings. The van der Waals surface area contributed by atoms with Crippen LogP contribution in [0.25, 0.3) is 0 Å². The molecule has 1 aliphatic heterocycles. The van der Waals surface area contributed by atoms with Crippen LogP contribution in [0.3, 0.4) is 0 Å². The van der Waals surface area contributed by atoms with Crippen LogP contribution in [0.1, 0.15) is 103 Å². The van der Waals surface area contributed by atoms with Gasteiger partial charge in [-0.3, -0.25) is 4.99 Å². The fourth-order valence-electron chi connectivity index (χ4n) is 3.45. The molecule has 0 spiro atoms. The van der Waals surface area contributed by atoms with Crippen LogP contribution < -0.4 is 0 Å². The standard InChI is InChI=1S/C22H42N2O/c1-2-3-4-5-6-7-8-9-10-11-12-13-14-15-16-17-18-22-23-19-20-24(22)21-25/h9-10,25H,2-8,11-21H2,1H3. The Morgan fingerprint density at radius 1 is 0.840 bits per heavy atom. The van der Waals surface area contributed by atoms with Crippen molar-refractivity contribution in [2.75, 3.05) is 19.8 Å². The molecule has 0 aromatic heterocycles. The minimum absolute atomic E-state index is 0.130. The molecule has 1 rings (SSSR count). The second kappa shape index (κ2) is 16.6. The van der Waals surface area contributed by atoms with Gasteiger partial charge in [-0.2, -0.15) is 0 Å². The summed E-state index contributed by atoms with van der Waals surface area (Å²) in [6.45, 7) is 4.17. The van der Waals surface area contributed by atoms with E-state index in [0.717, 1.165) is 25.3 Å². The van der Waals surface area contributed by atoms with E-state index in [1.54, 1.807) is 0 Å². The number of aliphatic imine (C=N–C) groups is 1. The number of hydrogen-bond acceptors (Lipinski definition) is 3. The number of allylic oxidation sites excluding steroid dienone is 2. The Kier molecular flexibility index (Phi) is 14.8. The van der Waals surface area contributed by atoms with Gasteiger partial charge in [0.2, 0.25) is 0 Å². The summed E-state index contributed by atoms with van der Waals surface area (Å²) in [5.74, 6) is 1.12. The first-order valence-corrected chi connectivity index (χ1v) is 10.9. The topological polar surface area (TPSA) is 35.8 Å². The Labute approximate surface area is 156 Å². The second-order valence-corrected chi connectivity index (χ2v) is 7.39. The Hall–Kier alpha value is -0.830. The molecule has 0 unspecified atom stereocenters. The molecular weight excluding hydrogens is 308 g/mol. The van der Waals surface area contributed by atoms with Gasteiger partial charge in [0, 0.05) is 13.0 Å². The number of aliphatic hydroxyl groups is 1. The highest BCUT2D eigenvalue weighted by molar-refractivity contribution is 5.83. The van der Waals surface area contributed by atoms with Crippen molar-refractivity contribution in [2.24, 2.45) is 4.99 Å². The average molecular weight is 351 g/mol. The highest BCUT2D eigenvalue weighted by atomic mass is 16.3. The van der Waals surface area contributed by atoms with Gasteiger partial charge in [-0.25, -0.2) is 0 Å². The molecular formula is C22H42N2O. The van der Waals surface area contributed by atoms with E-state index >= 15 is 0 Å². The maximum Gasteiger partial charge on any atom is 0.116 e. The zero-order valence-corrected chi connectivity index (χ0v) is 16.7. The predicted molar refractivity (Wildman–Crippen MR) is 110 cm³/mol. The van der Waals surface area contributed by atoms with E-state index in [4.69, 9.17) is 0 Å². The maximum absolute atomic E-state index is 9.21. The zero-order chi connectivity index (χ0) is 18.0. The number of hydrogen-bond donors (Lipinski definition) is 1. The Morgan fingerprint density at radius 2 is 1.40 bits per heavy atom. The van der Waals surface area contributed by atoms with Gasteiger partial charge >= 0.3 is 0 Å². The largest absolute Gasteiger partial charge is 0.376 e. The van der Waals surface area contributed by atoms with Crippen molar-refractivity contribution in [2.45, 2.75) is 103 Å². The molecule has 146 valence electrons. The van der Waals surface area contributed by atoms with Crippen LogP contribution in [0.4, 0.5) is 0 Å². The summed E-state index contributed by atoms with van der Waals surface area (Å²) < 4.78 is 0. The van der Waals surface area contributed by atoms with Gasteiger partial charge in [0.1, 0.15) is 12.6 Å². The third-order valence-corrected chi connectivity index (χ3v) is 5.11. The van der Waals surface area contributed by atoms with Gasteiger partial charge in [0.25, 0.3) is 0 Å². The second-order valence-electron chi connectivity index (χ2n) is 7.39. The summed E-state index contributed by atoms with van der Waals surface area (Å²) in [6.07, 6.45) is 24.7. The molecule has 0 bridgehead atoms. The third kappa shape index (κ3) is 12.2. The lowest BCUT2D eigenvalue weighted by molar-refractivity contribution is 0.178. The van der Waals surface area contributed by atoms with E-state index in [1.165, 1.54) is 89.9 Å². The molecule has 1 N–H and O–H groups in total. The fourth-order valence-corrected chi connectivity index (χ4v) is 3.45. The van der Waals surface area contributed by atoms with E-state index in [-0.39, 0.29) is 6.73 Å². The maximum atomic E-state index is 9.21. The first-order valence-electron chi connectivity index (χ1n) is 10.9. The van der Waals surface area contributed by atoms with Crippen molar-refractivity contribution in [3.63, 3.8) is 0 Å². The van der Waals surface area contributed by atoms with Gasteiger partial charge in [0.15, 0.2) is 0 Å². The van der Waals surface area contributed by atoms with Crippen LogP contribution in [0.5, 0.6) is 0 Å². The number of aliphatic hydroxyl groups excluding tert-OH is 1. The van der Waals surface area contributed by atoms with Gasteiger partial charge in [-0.15, -0.1) is 0 Å². The van der Waals surface area contributed by atoms with Crippen molar-refractivity contribution in [1.29, 1.82) is 0 Å². The van der Waals surface area contributed by atoms with Crippen LogP contribution in [-0.4, -0.2) is 35.7 Å². The van der Waals surface area contributed by atoms with Crippen LogP contribution in [-0.2, 0) is 0 Å². The molecule has 0 aromatic carbocycles. The van der Waals surface area contributed by atoms with E-state index in [1.807, 2.05) is 4.90 Å². The summed E-state index contributed by atoms with van der Waals surface area (Å²) in [4.78, 5) is 6.47. The first-order chi connectivity index (χ1) is 12.4. The van der Waals surface area contributed by atoms with Crippen molar-refractivity contribution < 1.29 is 5.11 Å². The molecule has 25 heavy (non-hydrogen) atoms. The van der Waals surface area contributed by atoms with Crippen LogP contribution in [0.2, 0.25) is 0 Å². The van der Waals surface area contributed by atoms with E-state index in [0.29, 0.717) is 0 Å². The third-order valence-electron chi connectivity index (χ3n) is 5.11. The quantitative estimate of drug-likeness (QED) is 0.255. The summed E-state index contributed by atoms with van der Waals surface area (Å²) in [6, 6.07) is 0. The summed E-state index contributed by atoms with van der Waals surface area (Å²) >= 11 is 0. The molecule has 0 fully saturated rings. The number of amidine groups is 1. The Morgan fingerprint density at radius 3 is 2.00 bits per heavy atom. The molecule has 0 radical (unpaired) electrons. The molecule has 0 saturated carbocycles.